The summed E-state index contributed by atoms with van der Waals surface area (Å²) in [5, 5.41) is 0.828. The monoisotopic (exact) mass is 319 g/mol. The summed E-state index contributed by atoms with van der Waals surface area (Å²) >= 11 is 0. The van der Waals surface area contributed by atoms with Crippen molar-refractivity contribution in [2.24, 2.45) is 0 Å². The third-order valence-corrected chi connectivity index (χ3v) is 3.72. The van der Waals surface area contributed by atoms with Crippen LogP contribution in [0.2, 0.25) is 0 Å². The van der Waals surface area contributed by atoms with Crippen LogP contribution >= 0.6 is 0 Å². The van der Waals surface area contributed by atoms with Gasteiger partial charge in [-0.05, 0) is 24.6 Å². The minimum atomic E-state index is -0.538. The van der Waals surface area contributed by atoms with Gasteiger partial charge >= 0.3 is 5.97 Å². The maximum atomic E-state index is 12.2. The van der Waals surface area contributed by atoms with E-state index in [0.717, 1.165) is 22.0 Å². The van der Waals surface area contributed by atoms with Gasteiger partial charge in [0.2, 0.25) is 5.78 Å². The van der Waals surface area contributed by atoms with Crippen LogP contribution in [0.15, 0.2) is 60.8 Å². The molecule has 2 aromatic carbocycles. The predicted molar refractivity (Wildman–Crippen MR) is 93.8 cm³/mol. The number of Topliss-reactive ketones (excluding diaryl/α,β-unsaturated/α-hetero) is 1. The van der Waals surface area contributed by atoms with E-state index in [1.807, 2.05) is 55.5 Å². The zero-order valence-corrected chi connectivity index (χ0v) is 13.3. The van der Waals surface area contributed by atoms with E-state index in [-0.39, 0.29) is 12.4 Å². The number of rotatable bonds is 5. The third kappa shape index (κ3) is 3.60. The van der Waals surface area contributed by atoms with Crippen molar-refractivity contribution >= 4 is 28.7 Å². The number of ether oxygens (including phenoxy) is 1. The number of nitrogens with one attached hydrogen (secondary N) is 1. The number of H-pyrrole nitrogens is 1. The Labute approximate surface area is 139 Å². The Morgan fingerprint density at radius 3 is 2.62 bits per heavy atom. The topological polar surface area (TPSA) is 59.2 Å². The third-order valence-electron chi connectivity index (χ3n) is 3.72. The number of aromatic amines is 1. The molecule has 0 atom stereocenters. The molecule has 0 bridgehead atoms. The van der Waals surface area contributed by atoms with Crippen LogP contribution in [0.3, 0.4) is 0 Å². The number of carbonyl (C=O) groups excluding carboxylic acids is 2. The molecule has 3 rings (SSSR count). The largest absolute Gasteiger partial charge is 0.454 e. The van der Waals surface area contributed by atoms with Gasteiger partial charge in [-0.1, -0.05) is 48.0 Å². The van der Waals surface area contributed by atoms with Gasteiger partial charge in [0, 0.05) is 28.7 Å². The van der Waals surface area contributed by atoms with E-state index in [1.54, 1.807) is 12.3 Å². The highest BCUT2D eigenvalue weighted by atomic mass is 16.5. The summed E-state index contributed by atoms with van der Waals surface area (Å²) in [5.74, 6) is -0.770. The van der Waals surface area contributed by atoms with E-state index < -0.39 is 5.97 Å². The number of ketones is 1. The molecule has 0 saturated heterocycles. The number of para-hydroxylation sites is 1. The zero-order chi connectivity index (χ0) is 16.9. The van der Waals surface area contributed by atoms with Gasteiger partial charge in [-0.25, -0.2) is 4.79 Å². The van der Waals surface area contributed by atoms with Crippen LogP contribution in [0, 0.1) is 6.92 Å². The molecule has 0 aliphatic carbocycles. The summed E-state index contributed by atoms with van der Waals surface area (Å²) in [5.41, 5.74) is 3.46. The van der Waals surface area contributed by atoms with Gasteiger partial charge in [0.25, 0.3) is 0 Å². The highest BCUT2D eigenvalue weighted by Gasteiger charge is 2.13. The lowest BCUT2D eigenvalue weighted by atomic mass is 10.1. The van der Waals surface area contributed by atoms with Crippen molar-refractivity contribution < 1.29 is 14.3 Å². The van der Waals surface area contributed by atoms with Crippen molar-refractivity contribution in [1.82, 2.24) is 4.98 Å². The number of fused-ring (bicyclic) bond motifs is 1. The molecular formula is C20H17NO3. The number of aromatic nitrogens is 1. The summed E-state index contributed by atoms with van der Waals surface area (Å²) in [7, 11) is 0. The highest BCUT2D eigenvalue weighted by Crippen LogP contribution is 2.18. The molecule has 0 aliphatic rings. The molecule has 3 aromatic rings. The number of esters is 1. The van der Waals surface area contributed by atoms with Crippen LogP contribution in [-0.4, -0.2) is 23.3 Å². The smallest absolute Gasteiger partial charge is 0.331 e. The molecular weight excluding hydrogens is 302 g/mol. The van der Waals surface area contributed by atoms with Gasteiger partial charge in [-0.3, -0.25) is 4.79 Å². The van der Waals surface area contributed by atoms with Crippen molar-refractivity contribution in [2.45, 2.75) is 6.92 Å². The second-order valence-corrected chi connectivity index (χ2v) is 5.52. The molecule has 24 heavy (non-hydrogen) atoms. The van der Waals surface area contributed by atoms with Gasteiger partial charge in [0.15, 0.2) is 6.61 Å². The lowest BCUT2D eigenvalue weighted by Gasteiger charge is -2.01. The fourth-order valence-corrected chi connectivity index (χ4v) is 2.41. The summed E-state index contributed by atoms with van der Waals surface area (Å²) in [6.45, 7) is 1.72. The van der Waals surface area contributed by atoms with Crippen molar-refractivity contribution in [3.05, 3.63) is 77.5 Å². The van der Waals surface area contributed by atoms with E-state index in [1.165, 1.54) is 6.08 Å². The summed E-state index contributed by atoms with van der Waals surface area (Å²) < 4.78 is 5.03. The minimum absolute atomic E-state index is 0.232. The molecule has 4 nitrogen and oxygen atoms in total. The van der Waals surface area contributed by atoms with Crippen LogP contribution < -0.4 is 0 Å². The molecule has 120 valence electrons. The molecule has 1 N–H and O–H groups in total. The second kappa shape index (κ2) is 6.96. The van der Waals surface area contributed by atoms with E-state index in [0.29, 0.717) is 5.56 Å². The summed E-state index contributed by atoms with van der Waals surface area (Å²) in [6, 6.07) is 15.3. The molecule has 0 aliphatic heterocycles. The fourth-order valence-electron chi connectivity index (χ4n) is 2.41. The molecule has 1 heterocycles. The normalized spacial score (nSPS) is 11.0. The number of carbonyl (C=O) groups is 2. The standard InChI is InChI=1S/C20H17NO3/c1-14-6-8-15(9-7-14)10-11-20(23)24-13-19(22)17-12-21-18-5-3-2-4-16(17)18/h2-12,21H,13H2,1H3/b11-10+. The van der Waals surface area contributed by atoms with Crippen LogP contribution in [0.4, 0.5) is 0 Å². The Morgan fingerprint density at radius 1 is 1.08 bits per heavy atom. The number of hydrogen-bond donors (Lipinski definition) is 1. The Balaban J connectivity index is 1.59. The molecule has 0 unspecified atom stereocenters. The first kappa shape index (κ1) is 15.7. The van der Waals surface area contributed by atoms with Crippen LogP contribution in [0.25, 0.3) is 17.0 Å². The number of hydrogen-bond acceptors (Lipinski definition) is 3. The van der Waals surface area contributed by atoms with Gasteiger partial charge in [0.05, 0.1) is 0 Å². The first-order chi connectivity index (χ1) is 11.6. The van der Waals surface area contributed by atoms with E-state index >= 15 is 0 Å². The first-order valence-corrected chi connectivity index (χ1v) is 7.64. The lowest BCUT2D eigenvalue weighted by Crippen LogP contribution is -2.12. The first-order valence-electron chi connectivity index (χ1n) is 7.64. The van der Waals surface area contributed by atoms with Gasteiger partial charge in [-0.2, -0.15) is 0 Å². The average Bonchev–Trinajstić information content (AvgIpc) is 3.03. The van der Waals surface area contributed by atoms with E-state index in [4.69, 9.17) is 4.74 Å². The molecule has 0 radical (unpaired) electrons. The number of aryl methyl sites for hydroxylation is 1. The fraction of sp³-hybridized carbons (Fsp3) is 0.100. The molecule has 0 amide bonds. The van der Waals surface area contributed by atoms with Gasteiger partial charge < -0.3 is 9.72 Å². The highest BCUT2D eigenvalue weighted by molar-refractivity contribution is 6.09. The predicted octanol–water partition coefficient (Wildman–Crippen LogP) is 3.92. The van der Waals surface area contributed by atoms with Gasteiger partial charge in [0.1, 0.15) is 0 Å². The Hall–Kier alpha value is -3.14. The maximum Gasteiger partial charge on any atom is 0.331 e. The minimum Gasteiger partial charge on any atom is -0.454 e. The van der Waals surface area contributed by atoms with E-state index in [2.05, 4.69) is 4.98 Å². The van der Waals surface area contributed by atoms with Crippen molar-refractivity contribution in [2.75, 3.05) is 6.61 Å². The Morgan fingerprint density at radius 2 is 1.83 bits per heavy atom. The molecule has 1 aromatic heterocycles. The van der Waals surface area contributed by atoms with Crippen LogP contribution in [-0.2, 0) is 9.53 Å². The Bertz CT molecular complexity index is 904. The SMILES string of the molecule is Cc1ccc(/C=C/C(=O)OCC(=O)c2c[nH]c3ccccc23)cc1. The second-order valence-electron chi connectivity index (χ2n) is 5.52. The Kier molecular flexibility index (Phi) is 4.57. The molecule has 0 fully saturated rings. The summed E-state index contributed by atoms with van der Waals surface area (Å²) in [4.78, 5) is 27.0. The number of benzene rings is 2. The van der Waals surface area contributed by atoms with Gasteiger partial charge in [-0.15, -0.1) is 0 Å². The quantitative estimate of drug-likeness (QED) is 0.440. The van der Waals surface area contributed by atoms with Crippen molar-refractivity contribution in [1.29, 1.82) is 0 Å². The van der Waals surface area contributed by atoms with Crippen LogP contribution in [0.1, 0.15) is 21.5 Å². The molecule has 0 spiro atoms. The van der Waals surface area contributed by atoms with E-state index in [9.17, 15) is 9.59 Å². The zero-order valence-electron chi connectivity index (χ0n) is 13.3. The van der Waals surface area contributed by atoms with Crippen molar-refractivity contribution in [3.63, 3.8) is 0 Å². The molecule has 4 heteroatoms. The van der Waals surface area contributed by atoms with Crippen molar-refractivity contribution in [3.8, 4) is 0 Å². The lowest BCUT2D eigenvalue weighted by molar-refractivity contribution is -0.136. The maximum absolute atomic E-state index is 12.2. The molecule has 0 saturated carbocycles. The van der Waals surface area contributed by atoms with Crippen LogP contribution in [0.5, 0.6) is 0 Å². The summed E-state index contributed by atoms with van der Waals surface area (Å²) in [6.07, 6.45) is 4.63. The average molecular weight is 319 g/mol.